The lowest BCUT2D eigenvalue weighted by Crippen LogP contribution is -2.21. The van der Waals surface area contributed by atoms with Gasteiger partial charge in [-0.15, -0.1) is 0 Å². The molecule has 0 aliphatic rings. The fourth-order valence-electron chi connectivity index (χ4n) is 3.50. The van der Waals surface area contributed by atoms with E-state index in [2.05, 4.69) is 26.1 Å². The molecule has 0 bridgehead atoms. The third kappa shape index (κ3) is 6.30. The third-order valence-electron chi connectivity index (χ3n) is 5.34. The van der Waals surface area contributed by atoms with Gasteiger partial charge in [-0.1, -0.05) is 48.5 Å². The molecular formula is C27H19F3N6O2. The topological polar surface area (TPSA) is 120 Å². The molecule has 0 fully saturated rings. The molecule has 0 atom stereocenters. The van der Waals surface area contributed by atoms with Gasteiger partial charge in [-0.3, -0.25) is 9.67 Å². The number of rotatable bonds is 5. The van der Waals surface area contributed by atoms with Gasteiger partial charge >= 0.3 is 12.1 Å². The largest absolute Gasteiger partial charge is 0.490 e. The number of carboxylic acids is 1. The summed E-state index contributed by atoms with van der Waals surface area (Å²) in [5.41, 5.74) is 6.39. The van der Waals surface area contributed by atoms with E-state index in [1.54, 1.807) is 6.20 Å². The molecule has 5 rings (SSSR count). The molecule has 0 saturated heterocycles. The third-order valence-corrected chi connectivity index (χ3v) is 5.34. The van der Waals surface area contributed by atoms with Crippen molar-refractivity contribution in [2.75, 3.05) is 0 Å². The summed E-state index contributed by atoms with van der Waals surface area (Å²) in [5.74, 6) is -2.04. The summed E-state index contributed by atoms with van der Waals surface area (Å²) in [4.78, 5) is 21.2. The molecule has 0 unspecified atom stereocenters. The molecule has 5 aromatic rings. The fourth-order valence-corrected chi connectivity index (χ4v) is 3.50. The van der Waals surface area contributed by atoms with Gasteiger partial charge in [0.1, 0.15) is 5.69 Å². The summed E-state index contributed by atoms with van der Waals surface area (Å²) >= 11 is 0. The van der Waals surface area contributed by atoms with Gasteiger partial charge in [-0.2, -0.15) is 23.5 Å². The Hall–Kier alpha value is -5.24. The molecule has 190 valence electrons. The van der Waals surface area contributed by atoms with Crippen molar-refractivity contribution < 1.29 is 23.1 Å². The first kappa shape index (κ1) is 25.8. The number of H-pyrrole nitrogens is 1. The second-order valence-corrected chi connectivity index (χ2v) is 7.94. The SMILES string of the molecule is N#Cc1ccccc1Cn1cc(-c2ccnc(-c3ncc(-c4ccccc4)[nH]3)c2)cn1.O=C(O)C(F)(F)F. The quantitative estimate of drug-likeness (QED) is 0.316. The lowest BCUT2D eigenvalue weighted by atomic mass is 10.1. The molecule has 0 saturated carbocycles. The number of hydrogen-bond acceptors (Lipinski definition) is 5. The molecule has 0 amide bonds. The Morgan fingerprint density at radius 1 is 0.974 bits per heavy atom. The molecule has 8 nitrogen and oxygen atoms in total. The van der Waals surface area contributed by atoms with Crippen molar-refractivity contribution in [1.29, 1.82) is 5.26 Å². The monoisotopic (exact) mass is 516 g/mol. The van der Waals surface area contributed by atoms with Crippen LogP contribution in [0.25, 0.3) is 33.9 Å². The van der Waals surface area contributed by atoms with E-state index in [9.17, 15) is 18.4 Å². The van der Waals surface area contributed by atoms with Crippen LogP contribution in [0.15, 0.2) is 91.5 Å². The van der Waals surface area contributed by atoms with Gasteiger partial charge in [0, 0.05) is 18.0 Å². The van der Waals surface area contributed by atoms with E-state index in [0.29, 0.717) is 12.1 Å². The fraction of sp³-hybridized carbons (Fsp3) is 0.0741. The summed E-state index contributed by atoms with van der Waals surface area (Å²) in [6.07, 6.45) is 2.32. The van der Waals surface area contributed by atoms with E-state index >= 15 is 0 Å². The number of carbonyl (C=O) groups is 1. The highest BCUT2D eigenvalue weighted by atomic mass is 19.4. The highest BCUT2D eigenvalue weighted by Gasteiger charge is 2.38. The molecule has 0 aliphatic carbocycles. The van der Waals surface area contributed by atoms with Gasteiger partial charge < -0.3 is 10.1 Å². The first-order valence-electron chi connectivity index (χ1n) is 11.1. The number of imidazole rings is 1. The molecule has 2 aromatic carbocycles. The normalized spacial score (nSPS) is 10.8. The van der Waals surface area contributed by atoms with Crippen LogP contribution in [0.3, 0.4) is 0 Å². The number of nitriles is 1. The highest BCUT2D eigenvalue weighted by Crippen LogP contribution is 2.25. The average molecular weight is 516 g/mol. The van der Waals surface area contributed by atoms with Crippen LogP contribution in [0.5, 0.6) is 0 Å². The zero-order valence-electron chi connectivity index (χ0n) is 19.6. The Balaban J connectivity index is 0.000000426. The van der Waals surface area contributed by atoms with Gasteiger partial charge in [0.15, 0.2) is 5.82 Å². The zero-order chi connectivity index (χ0) is 27.1. The molecule has 0 spiro atoms. The minimum Gasteiger partial charge on any atom is -0.475 e. The summed E-state index contributed by atoms with van der Waals surface area (Å²) in [6, 6.07) is 23.8. The minimum atomic E-state index is -5.08. The van der Waals surface area contributed by atoms with Crippen molar-refractivity contribution in [3.8, 4) is 40.0 Å². The number of aliphatic carboxylic acids is 1. The highest BCUT2D eigenvalue weighted by molar-refractivity contribution is 5.73. The number of hydrogen-bond donors (Lipinski definition) is 2. The van der Waals surface area contributed by atoms with Crippen LogP contribution in [0.2, 0.25) is 0 Å². The minimum absolute atomic E-state index is 0.542. The second-order valence-electron chi connectivity index (χ2n) is 7.94. The van der Waals surface area contributed by atoms with Gasteiger partial charge in [0.2, 0.25) is 0 Å². The van der Waals surface area contributed by atoms with Crippen LogP contribution in [0, 0.1) is 11.3 Å². The molecule has 3 heterocycles. The van der Waals surface area contributed by atoms with Gasteiger partial charge in [-0.05, 0) is 34.9 Å². The number of nitrogens with zero attached hydrogens (tertiary/aromatic N) is 5. The van der Waals surface area contributed by atoms with Crippen LogP contribution >= 0.6 is 0 Å². The van der Waals surface area contributed by atoms with E-state index in [1.807, 2.05) is 90.0 Å². The smallest absolute Gasteiger partial charge is 0.475 e. The van der Waals surface area contributed by atoms with Crippen molar-refractivity contribution in [2.24, 2.45) is 0 Å². The molecular weight excluding hydrogens is 497 g/mol. The maximum absolute atomic E-state index is 10.6. The summed E-state index contributed by atoms with van der Waals surface area (Å²) in [5, 5.41) is 20.9. The number of halogens is 3. The van der Waals surface area contributed by atoms with Gasteiger partial charge in [0.25, 0.3) is 0 Å². The molecule has 3 aromatic heterocycles. The molecule has 38 heavy (non-hydrogen) atoms. The number of benzene rings is 2. The molecule has 0 aliphatic heterocycles. The summed E-state index contributed by atoms with van der Waals surface area (Å²) in [6.45, 7) is 0.542. The van der Waals surface area contributed by atoms with E-state index in [-0.39, 0.29) is 0 Å². The first-order chi connectivity index (χ1) is 18.2. The number of carboxylic acid groups (broad SMARTS) is 1. The van der Waals surface area contributed by atoms with Crippen molar-refractivity contribution in [1.82, 2.24) is 24.7 Å². The van der Waals surface area contributed by atoms with E-state index < -0.39 is 12.1 Å². The zero-order valence-corrected chi connectivity index (χ0v) is 19.6. The number of alkyl halides is 3. The van der Waals surface area contributed by atoms with Gasteiger partial charge in [-0.25, -0.2) is 9.78 Å². The van der Waals surface area contributed by atoms with Crippen molar-refractivity contribution in [3.63, 3.8) is 0 Å². The lowest BCUT2D eigenvalue weighted by molar-refractivity contribution is -0.192. The number of nitrogens with one attached hydrogen (secondary N) is 1. The number of aromatic amines is 1. The van der Waals surface area contributed by atoms with Crippen LogP contribution in [-0.2, 0) is 11.3 Å². The Morgan fingerprint density at radius 2 is 1.68 bits per heavy atom. The Labute approximate surface area is 214 Å². The van der Waals surface area contributed by atoms with Crippen LogP contribution in [0.4, 0.5) is 13.2 Å². The molecule has 2 N–H and O–H groups in total. The Kier molecular flexibility index (Phi) is 7.63. The maximum atomic E-state index is 10.6. The van der Waals surface area contributed by atoms with E-state index in [1.165, 1.54) is 0 Å². The second kappa shape index (κ2) is 11.2. The predicted molar refractivity (Wildman–Crippen MR) is 132 cm³/mol. The maximum Gasteiger partial charge on any atom is 0.490 e. The van der Waals surface area contributed by atoms with E-state index in [4.69, 9.17) is 9.90 Å². The first-order valence-corrected chi connectivity index (χ1v) is 11.1. The van der Waals surface area contributed by atoms with Crippen LogP contribution in [0.1, 0.15) is 11.1 Å². The van der Waals surface area contributed by atoms with E-state index in [0.717, 1.165) is 39.5 Å². The number of aromatic nitrogens is 5. The Bertz CT molecular complexity index is 1590. The van der Waals surface area contributed by atoms with Crippen molar-refractivity contribution in [3.05, 3.63) is 103 Å². The van der Waals surface area contributed by atoms with Crippen molar-refractivity contribution in [2.45, 2.75) is 12.7 Å². The predicted octanol–water partition coefficient (Wildman–Crippen LogP) is 5.56. The average Bonchev–Trinajstić information content (AvgIpc) is 3.60. The lowest BCUT2D eigenvalue weighted by Gasteiger charge is -2.04. The van der Waals surface area contributed by atoms with Crippen molar-refractivity contribution >= 4 is 5.97 Å². The number of pyridine rings is 1. The summed E-state index contributed by atoms with van der Waals surface area (Å²) < 4.78 is 33.6. The Morgan fingerprint density at radius 3 is 2.39 bits per heavy atom. The molecule has 11 heteroatoms. The van der Waals surface area contributed by atoms with Crippen LogP contribution < -0.4 is 0 Å². The van der Waals surface area contributed by atoms with Gasteiger partial charge in [0.05, 0.1) is 36.3 Å². The molecule has 0 radical (unpaired) electrons. The standard InChI is InChI=1S/C25H18N6.C2HF3O2/c26-13-20-8-4-5-9-21(20)16-31-17-22(14-29-31)19-10-11-27-23(12-19)25-28-15-24(30-25)18-6-2-1-3-7-18;3-2(4,5)1(6)7/h1-12,14-15,17H,16H2,(H,28,30);(H,6,7). The summed E-state index contributed by atoms with van der Waals surface area (Å²) in [7, 11) is 0. The van der Waals surface area contributed by atoms with Crippen LogP contribution in [-0.4, -0.2) is 42.0 Å².